The molecule has 1 aromatic rings. The van der Waals surface area contributed by atoms with Crippen molar-refractivity contribution in [2.24, 2.45) is 0 Å². The number of anilines is 1. The van der Waals surface area contributed by atoms with Crippen LogP contribution in [-0.4, -0.2) is 36.8 Å². The molecule has 9 heteroatoms. The monoisotopic (exact) mass is 290 g/mol. The zero-order valence-corrected chi connectivity index (χ0v) is 12.1. The molecule has 0 amide bonds. The van der Waals surface area contributed by atoms with Crippen LogP contribution in [0.2, 0.25) is 0 Å². The second kappa shape index (κ2) is 5.57. The summed E-state index contributed by atoms with van der Waals surface area (Å²) in [5.41, 5.74) is -0.325. The molecule has 0 atom stereocenters. The van der Waals surface area contributed by atoms with Gasteiger partial charge in [-0.05, 0) is 20.8 Å². The van der Waals surface area contributed by atoms with Crippen molar-refractivity contribution in [3.8, 4) is 0 Å². The van der Waals surface area contributed by atoms with Crippen LogP contribution >= 0.6 is 0 Å². The minimum atomic E-state index is -3.68. The smallest absolute Gasteiger partial charge is 0.327 e. The molecule has 0 aliphatic carbocycles. The number of carbonyl (C=O) groups is 1. The Bertz CT molecular complexity index is 544. The molecule has 1 aromatic heterocycles. The second-order valence-corrected chi connectivity index (χ2v) is 6.38. The summed E-state index contributed by atoms with van der Waals surface area (Å²) in [5, 5.41) is 3.85. The first-order chi connectivity index (χ1) is 8.61. The minimum absolute atomic E-state index is 0.0784. The second-order valence-electron chi connectivity index (χ2n) is 4.96. The maximum Gasteiger partial charge on any atom is 0.327 e. The fourth-order valence-electron chi connectivity index (χ4n) is 1.28. The lowest BCUT2D eigenvalue weighted by Gasteiger charge is -2.20. The lowest BCUT2D eigenvalue weighted by Crippen LogP contribution is -2.43. The third-order valence-corrected chi connectivity index (χ3v) is 3.23. The van der Waals surface area contributed by atoms with Crippen LogP contribution in [0.5, 0.6) is 0 Å². The molecule has 1 rings (SSSR count). The summed E-state index contributed by atoms with van der Waals surface area (Å²) >= 11 is 0. The average molecular weight is 290 g/mol. The van der Waals surface area contributed by atoms with Gasteiger partial charge in [-0.25, -0.2) is 0 Å². The highest BCUT2D eigenvalue weighted by Crippen LogP contribution is 2.09. The highest BCUT2D eigenvalue weighted by atomic mass is 32.2. The van der Waals surface area contributed by atoms with E-state index in [-0.39, 0.29) is 12.2 Å². The number of carbonyl (C=O) groups excluding carboxylic acids is 1. The lowest BCUT2D eigenvalue weighted by atomic mass is 10.1. The number of ether oxygens (including phenoxy) is 1. The summed E-state index contributed by atoms with van der Waals surface area (Å²) in [5.74, 6) is -0.467. The maximum atomic E-state index is 11.8. The van der Waals surface area contributed by atoms with Gasteiger partial charge in [0.25, 0.3) is 10.2 Å². The van der Waals surface area contributed by atoms with Crippen LogP contribution in [0.15, 0.2) is 12.4 Å². The van der Waals surface area contributed by atoms with Crippen molar-refractivity contribution < 1.29 is 17.9 Å². The summed E-state index contributed by atoms with van der Waals surface area (Å²) in [6.45, 7) is 5.11. The number of nitrogens with zero attached hydrogens (tertiary/aromatic N) is 2. The standard InChI is InChI=1S/C10H18N4O4S/c1-10(2,3)13-19(16,17)12-8-5-11-14(6-8)7-9(15)18-4/h5-6,12-13H,7H2,1-4H3. The molecule has 0 aliphatic rings. The largest absolute Gasteiger partial charge is 0.468 e. The fourth-order valence-corrected chi connectivity index (χ4v) is 2.56. The van der Waals surface area contributed by atoms with Gasteiger partial charge in [-0.1, -0.05) is 0 Å². The lowest BCUT2D eigenvalue weighted by molar-refractivity contribution is -0.141. The molecule has 0 saturated carbocycles. The summed E-state index contributed by atoms with van der Waals surface area (Å²) < 4.78 is 34.0. The van der Waals surface area contributed by atoms with Gasteiger partial charge in [-0.15, -0.1) is 0 Å². The van der Waals surface area contributed by atoms with Crippen LogP contribution in [0.1, 0.15) is 20.8 Å². The third-order valence-electron chi connectivity index (χ3n) is 1.84. The number of methoxy groups -OCH3 is 1. The molecule has 0 spiro atoms. The maximum absolute atomic E-state index is 11.8. The Morgan fingerprint density at radius 1 is 1.47 bits per heavy atom. The van der Waals surface area contributed by atoms with E-state index in [0.29, 0.717) is 0 Å². The normalized spacial score (nSPS) is 12.2. The molecular weight excluding hydrogens is 272 g/mol. The number of hydrogen-bond donors (Lipinski definition) is 2. The van der Waals surface area contributed by atoms with E-state index in [2.05, 4.69) is 19.3 Å². The topological polar surface area (TPSA) is 102 Å². The Morgan fingerprint density at radius 3 is 2.63 bits per heavy atom. The van der Waals surface area contributed by atoms with E-state index in [0.717, 1.165) is 0 Å². The molecule has 8 nitrogen and oxygen atoms in total. The summed E-state index contributed by atoms with van der Waals surface area (Å²) in [4.78, 5) is 11.0. The quantitative estimate of drug-likeness (QED) is 0.749. The van der Waals surface area contributed by atoms with Gasteiger partial charge >= 0.3 is 5.97 Å². The Labute approximate surface area is 112 Å². The number of esters is 1. The molecule has 0 saturated heterocycles. The first kappa shape index (κ1) is 15.4. The number of nitrogens with one attached hydrogen (secondary N) is 2. The van der Waals surface area contributed by atoms with Gasteiger partial charge in [0.05, 0.1) is 19.0 Å². The number of rotatable bonds is 5. The average Bonchev–Trinajstić information content (AvgIpc) is 2.60. The van der Waals surface area contributed by atoms with E-state index < -0.39 is 21.7 Å². The van der Waals surface area contributed by atoms with Gasteiger partial charge in [0, 0.05) is 11.7 Å². The molecule has 0 aromatic carbocycles. The first-order valence-corrected chi connectivity index (χ1v) is 7.00. The Morgan fingerprint density at radius 2 is 2.11 bits per heavy atom. The van der Waals surface area contributed by atoms with Crippen molar-refractivity contribution in [2.45, 2.75) is 32.9 Å². The number of hydrogen-bond acceptors (Lipinski definition) is 5. The molecule has 0 fully saturated rings. The predicted octanol–water partition coefficient (Wildman–Crippen LogP) is 0.101. The van der Waals surface area contributed by atoms with Gasteiger partial charge in [0.2, 0.25) is 0 Å². The van der Waals surface area contributed by atoms with Crippen LogP contribution in [-0.2, 0) is 26.3 Å². The zero-order valence-electron chi connectivity index (χ0n) is 11.3. The highest BCUT2D eigenvalue weighted by molar-refractivity contribution is 7.90. The van der Waals surface area contributed by atoms with Crippen LogP contribution in [0.25, 0.3) is 0 Å². The van der Waals surface area contributed by atoms with Gasteiger partial charge in [0.15, 0.2) is 0 Å². The first-order valence-electron chi connectivity index (χ1n) is 5.52. The zero-order chi connectivity index (χ0) is 14.7. The van der Waals surface area contributed by atoms with Crippen molar-refractivity contribution in [1.29, 1.82) is 0 Å². The molecule has 1 heterocycles. The van der Waals surface area contributed by atoms with Crippen molar-refractivity contribution >= 4 is 21.9 Å². The molecule has 0 aliphatic heterocycles. The molecular formula is C10H18N4O4S. The van der Waals surface area contributed by atoms with Crippen LogP contribution in [0, 0.1) is 0 Å². The van der Waals surface area contributed by atoms with E-state index in [1.54, 1.807) is 20.8 Å². The molecule has 108 valence electrons. The molecule has 19 heavy (non-hydrogen) atoms. The molecule has 0 radical (unpaired) electrons. The van der Waals surface area contributed by atoms with Gasteiger partial charge in [0.1, 0.15) is 6.54 Å². The summed E-state index contributed by atoms with van der Waals surface area (Å²) in [7, 11) is -2.42. The minimum Gasteiger partial charge on any atom is -0.468 e. The van der Waals surface area contributed by atoms with E-state index in [9.17, 15) is 13.2 Å². The molecule has 0 unspecified atom stereocenters. The predicted molar refractivity (Wildman–Crippen MR) is 69.7 cm³/mol. The van der Waals surface area contributed by atoms with Crippen molar-refractivity contribution in [3.63, 3.8) is 0 Å². The van der Waals surface area contributed by atoms with Gasteiger partial charge in [-0.3, -0.25) is 14.2 Å². The Hall–Kier alpha value is -1.61. The fraction of sp³-hybridized carbons (Fsp3) is 0.600. The van der Waals surface area contributed by atoms with Crippen molar-refractivity contribution in [2.75, 3.05) is 11.8 Å². The van der Waals surface area contributed by atoms with E-state index in [1.807, 2.05) is 0 Å². The SMILES string of the molecule is COC(=O)Cn1cc(NS(=O)(=O)NC(C)(C)C)cn1. The molecule has 0 bridgehead atoms. The van der Waals surface area contributed by atoms with Crippen LogP contribution in [0.4, 0.5) is 5.69 Å². The number of aromatic nitrogens is 2. The van der Waals surface area contributed by atoms with Crippen LogP contribution in [0.3, 0.4) is 0 Å². The van der Waals surface area contributed by atoms with Crippen molar-refractivity contribution in [1.82, 2.24) is 14.5 Å². The Balaban J connectivity index is 2.71. The van der Waals surface area contributed by atoms with Crippen molar-refractivity contribution in [3.05, 3.63) is 12.4 Å². The van der Waals surface area contributed by atoms with E-state index in [1.165, 1.54) is 24.2 Å². The third kappa shape index (κ3) is 5.71. The van der Waals surface area contributed by atoms with E-state index in [4.69, 9.17) is 0 Å². The van der Waals surface area contributed by atoms with Gasteiger partial charge in [-0.2, -0.15) is 18.2 Å². The highest BCUT2D eigenvalue weighted by Gasteiger charge is 2.20. The van der Waals surface area contributed by atoms with Crippen LogP contribution < -0.4 is 9.44 Å². The Kier molecular flexibility index (Phi) is 4.53. The molecule has 2 N–H and O–H groups in total. The van der Waals surface area contributed by atoms with Gasteiger partial charge < -0.3 is 4.74 Å². The summed E-state index contributed by atoms with van der Waals surface area (Å²) in [6.07, 6.45) is 2.71. The van der Waals surface area contributed by atoms with E-state index >= 15 is 0 Å². The summed E-state index contributed by atoms with van der Waals surface area (Å²) in [6, 6.07) is 0.